The molecule has 2 rings (SSSR count). The molecule has 2 unspecified atom stereocenters. The van der Waals surface area contributed by atoms with E-state index in [0.29, 0.717) is 5.41 Å². The molecule has 1 aromatic carbocycles. The Labute approximate surface area is 136 Å². The van der Waals surface area contributed by atoms with Gasteiger partial charge in [-0.3, -0.25) is 0 Å². The van der Waals surface area contributed by atoms with Crippen LogP contribution in [0.2, 0.25) is 0 Å². The predicted molar refractivity (Wildman–Crippen MR) is 90.8 cm³/mol. The van der Waals surface area contributed by atoms with Gasteiger partial charge in [-0.1, -0.05) is 49.2 Å². The molecule has 0 aromatic heterocycles. The zero-order valence-corrected chi connectivity index (χ0v) is 15.0. The van der Waals surface area contributed by atoms with E-state index in [-0.39, 0.29) is 11.4 Å². The van der Waals surface area contributed by atoms with Gasteiger partial charge in [0.15, 0.2) is 0 Å². The zero-order chi connectivity index (χ0) is 15.7. The third-order valence-corrected chi connectivity index (χ3v) is 5.74. The lowest BCUT2D eigenvalue weighted by atomic mass is 9.76. The van der Waals surface area contributed by atoms with Crippen molar-refractivity contribution in [3.8, 4) is 0 Å². The molecule has 1 aliphatic rings. The molecule has 118 valence electrons. The van der Waals surface area contributed by atoms with Crippen LogP contribution in [-0.4, -0.2) is 5.54 Å². The summed E-state index contributed by atoms with van der Waals surface area (Å²) in [4.78, 5) is 0. The number of hydrogen-bond donors (Lipinski definition) is 1. The van der Waals surface area contributed by atoms with Gasteiger partial charge < -0.3 is 5.73 Å². The van der Waals surface area contributed by atoms with E-state index in [1.54, 1.807) is 0 Å². The molecular formula is C18H27BrFN. The average molecular weight is 356 g/mol. The first-order valence-corrected chi connectivity index (χ1v) is 8.72. The van der Waals surface area contributed by atoms with Crippen LogP contribution in [0, 0.1) is 17.2 Å². The van der Waals surface area contributed by atoms with Crippen molar-refractivity contribution >= 4 is 15.9 Å². The SMILES string of the molecule is CC(C)(C)C1CCCC(N)(Cc2ccc(F)cc2Br)CC1. The maximum Gasteiger partial charge on any atom is 0.124 e. The van der Waals surface area contributed by atoms with Gasteiger partial charge in [-0.25, -0.2) is 4.39 Å². The minimum Gasteiger partial charge on any atom is -0.325 e. The second-order valence-corrected chi connectivity index (χ2v) is 8.62. The molecule has 0 spiro atoms. The van der Waals surface area contributed by atoms with E-state index in [0.717, 1.165) is 35.2 Å². The van der Waals surface area contributed by atoms with E-state index in [4.69, 9.17) is 5.73 Å². The Balaban J connectivity index is 2.08. The van der Waals surface area contributed by atoms with Gasteiger partial charge in [0.2, 0.25) is 0 Å². The van der Waals surface area contributed by atoms with Gasteiger partial charge in [-0.2, -0.15) is 0 Å². The lowest BCUT2D eigenvalue weighted by Crippen LogP contribution is -2.41. The van der Waals surface area contributed by atoms with Crippen molar-refractivity contribution in [3.63, 3.8) is 0 Å². The maximum atomic E-state index is 13.2. The molecule has 1 nitrogen and oxygen atoms in total. The molecular weight excluding hydrogens is 329 g/mol. The molecule has 2 atom stereocenters. The van der Waals surface area contributed by atoms with Gasteiger partial charge in [-0.15, -0.1) is 0 Å². The Morgan fingerprint density at radius 1 is 1.29 bits per heavy atom. The molecule has 1 saturated carbocycles. The Morgan fingerprint density at radius 2 is 2.00 bits per heavy atom. The number of benzene rings is 1. The number of halogens is 2. The largest absolute Gasteiger partial charge is 0.325 e. The summed E-state index contributed by atoms with van der Waals surface area (Å²) in [7, 11) is 0. The fourth-order valence-electron chi connectivity index (χ4n) is 3.52. The van der Waals surface area contributed by atoms with Crippen LogP contribution in [0.4, 0.5) is 4.39 Å². The number of nitrogens with two attached hydrogens (primary N) is 1. The molecule has 21 heavy (non-hydrogen) atoms. The summed E-state index contributed by atoms with van der Waals surface area (Å²) in [6.45, 7) is 6.99. The minimum atomic E-state index is -0.203. The summed E-state index contributed by atoms with van der Waals surface area (Å²) in [5.74, 6) is 0.546. The molecule has 1 aliphatic carbocycles. The van der Waals surface area contributed by atoms with Gasteiger partial charge >= 0.3 is 0 Å². The maximum absolute atomic E-state index is 13.2. The lowest BCUT2D eigenvalue weighted by Gasteiger charge is -2.31. The number of hydrogen-bond acceptors (Lipinski definition) is 1. The first-order chi connectivity index (χ1) is 9.70. The molecule has 0 saturated heterocycles. The van der Waals surface area contributed by atoms with Crippen LogP contribution in [0.5, 0.6) is 0 Å². The van der Waals surface area contributed by atoms with Crippen LogP contribution in [0.25, 0.3) is 0 Å². The first kappa shape index (κ1) is 17.0. The number of rotatable bonds is 2. The minimum absolute atomic E-state index is 0.152. The second kappa shape index (κ2) is 6.37. The third-order valence-electron chi connectivity index (χ3n) is 5.00. The van der Waals surface area contributed by atoms with Gasteiger partial charge in [-0.05, 0) is 61.1 Å². The van der Waals surface area contributed by atoms with Crippen molar-refractivity contribution in [1.82, 2.24) is 0 Å². The summed E-state index contributed by atoms with van der Waals surface area (Å²) < 4.78 is 14.0. The molecule has 1 aromatic rings. The van der Waals surface area contributed by atoms with Crippen LogP contribution >= 0.6 is 15.9 Å². The van der Waals surface area contributed by atoms with Crippen molar-refractivity contribution < 1.29 is 4.39 Å². The first-order valence-electron chi connectivity index (χ1n) is 7.92. The van der Waals surface area contributed by atoms with E-state index < -0.39 is 0 Å². The van der Waals surface area contributed by atoms with Crippen LogP contribution in [0.15, 0.2) is 22.7 Å². The smallest absolute Gasteiger partial charge is 0.124 e. The summed E-state index contributed by atoms with van der Waals surface area (Å²) in [6.07, 6.45) is 6.59. The zero-order valence-electron chi connectivity index (χ0n) is 13.4. The van der Waals surface area contributed by atoms with Crippen LogP contribution in [0.1, 0.15) is 58.4 Å². The van der Waals surface area contributed by atoms with Crippen LogP contribution in [-0.2, 0) is 6.42 Å². The van der Waals surface area contributed by atoms with Gasteiger partial charge in [0.05, 0.1) is 0 Å². The highest BCUT2D eigenvalue weighted by atomic mass is 79.9. The molecule has 0 aliphatic heterocycles. The highest BCUT2D eigenvalue weighted by Crippen LogP contribution is 2.40. The van der Waals surface area contributed by atoms with E-state index in [9.17, 15) is 4.39 Å². The summed E-state index contributed by atoms with van der Waals surface area (Å²) in [5.41, 5.74) is 8.02. The van der Waals surface area contributed by atoms with E-state index in [2.05, 4.69) is 36.7 Å². The predicted octanol–water partition coefficient (Wildman–Crippen LogP) is 5.45. The Bertz CT molecular complexity index is 494. The van der Waals surface area contributed by atoms with E-state index >= 15 is 0 Å². The second-order valence-electron chi connectivity index (χ2n) is 7.77. The van der Waals surface area contributed by atoms with Crippen molar-refractivity contribution in [3.05, 3.63) is 34.1 Å². The van der Waals surface area contributed by atoms with Crippen molar-refractivity contribution in [2.24, 2.45) is 17.1 Å². The Kier molecular flexibility index (Phi) is 5.15. The molecule has 0 radical (unpaired) electrons. The van der Waals surface area contributed by atoms with Gasteiger partial charge in [0.1, 0.15) is 5.82 Å². The van der Waals surface area contributed by atoms with Crippen LogP contribution in [0.3, 0.4) is 0 Å². The topological polar surface area (TPSA) is 26.0 Å². The highest BCUT2D eigenvalue weighted by Gasteiger charge is 2.34. The standard InChI is InChI=1S/C18H27BrFN/c1-17(2,3)14-5-4-9-18(21,10-8-14)12-13-6-7-15(20)11-16(13)19/h6-7,11,14H,4-5,8-10,12,21H2,1-3H3. The Hall–Kier alpha value is -0.410. The molecule has 0 amide bonds. The fourth-order valence-corrected chi connectivity index (χ4v) is 4.01. The average Bonchev–Trinajstić information content (AvgIpc) is 2.55. The quantitative estimate of drug-likeness (QED) is 0.700. The molecule has 1 fully saturated rings. The lowest BCUT2D eigenvalue weighted by molar-refractivity contribution is 0.210. The third kappa shape index (κ3) is 4.53. The van der Waals surface area contributed by atoms with Gasteiger partial charge in [0, 0.05) is 10.0 Å². The molecule has 2 N–H and O–H groups in total. The Morgan fingerprint density at radius 3 is 2.62 bits per heavy atom. The summed E-state index contributed by atoms with van der Waals surface area (Å²) in [5, 5.41) is 0. The molecule has 0 bridgehead atoms. The van der Waals surface area contributed by atoms with Crippen molar-refractivity contribution in [1.29, 1.82) is 0 Å². The van der Waals surface area contributed by atoms with Crippen molar-refractivity contribution in [2.45, 2.75) is 64.8 Å². The van der Waals surface area contributed by atoms with Crippen molar-refractivity contribution in [2.75, 3.05) is 0 Å². The van der Waals surface area contributed by atoms with E-state index in [1.807, 2.05) is 6.07 Å². The van der Waals surface area contributed by atoms with E-state index in [1.165, 1.54) is 31.4 Å². The summed E-state index contributed by atoms with van der Waals surface area (Å²) >= 11 is 3.47. The monoisotopic (exact) mass is 355 g/mol. The highest BCUT2D eigenvalue weighted by molar-refractivity contribution is 9.10. The van der Waals surface area contributed by atoms with Crippen LogP contribution < -0.4 is 5.73 Å². The fraction of sp³-hybridized carbons (Fsp3) is 0.667. The normalized spacial score (nSPS) is 27.4. The molecule has 0 heterocycles. The van der Waals surface area contributed by atoms with Gasteiger partial charge in [0.25, 0.3) is 0 Å². The summed E-state index contributed by atoms with van der Waals surface area (Å²) in [6, 6.07) is 4.92. The molecule has 3 heteroatoms.